The van der Waals surface area contributed by atoms with Crippen molar-refractivity contribution in [3.63, 3.8) is 0 Å². The molecule has 1 amide bonds. The highest BCUT2D eigenvalue weighted by atomic mass is 16.5. The smallest absolute Gasteiger partial charge is 0.337 e. The minimum atomic E-state index is -0.395. The standard InChI is InChI=1S/C24H25NO5/c1-29-21-10-8-18(9-11-21)23(27)19-13-15-25(16-14-19)22(26)12-5-17-3-6-20(7-4-17)24(28)30-2/h3-12,19H,13-16H2,1-2H3. The van der Waals surface area contributed by atoms with E-state index in [0.29, 0.717) is 37.1 Å². The molecule has 156 valence electrons. The van der Waals surface area contributed by atoms with E-state index in [1.54, 1.807) is 66.6 Å². The maximum Gasteiger partial charge on any atom is 0.337 e. The molecular weight excluding hydrogens is 382 g/mol. The molecule has 1 aliphatic heterocycles. The van der Waals surface area contributed by atoms with E-state index in [1.165, 1.54) is 13.2 Å². The largest absolute Gasteiger partial charge is 0.497 e. The van der Waals surface area contributed by atoms with E-state index >= 15 is 0 Å². The van der Waals surface area contributed by atoms with E-state index < -0.39 is 5.97 Å². The topological polar surface area (TPSA) is 72.9 Å². The summed E-state index contributed by atoms with van der Waals surface area (Å²) in [6, 6.07) is 14.0. The number of carbonyl (C=O) groups is 3. The van der Waals surface area contributed by atoms with Gasteiger partial charge in [-0.25, -0.2) is 4.79 Å². The van der Waals surface area contributed by atoms with E-state index in [2.05, 4.69) is 4.74 Å². The van der Waals surface area contributed by atoms with Gasteiger partial charge in [0.05, 0.1) is 19.8 Å². The normalized spacial score (nSPS) is 14.5. The number of nitrogens with zero attached hydrogens (tertiary/aromatic N) is 1. The first-order valence-electron chi connectivity index (χ1n) is 9.85. The maximum absolute atomic E-state index is 12.7. The first-order valence-corrected chi connectivity index (χ1v) is 9.85. The van der Waals surface area contributed by atoms with Crippen LogP contribution in [0, 0.1) is 5.92 Å². The maximum atomic E-state index is 12.7. The lowest BCUT2D eigenvalue weighted by atomic mass is 9.89. The summed E-state index contributed by atoms with van der Waals surface area (Å²) in [6.45, 7) is 1.11. The third kappa shape index (κ3) is 5.14. The van der Waals surface area contributed by atoms with Crippen molar-refractivity contribution >= 4 is 23.7 Å². The highest BCUT2D eigenvalue weighted by Crippen LogP contribution is 2.23. The predicted molar refractivity (Wildman–Crippen MR) is 113 cm³/mol. The second-order valence-corrected chi connectivity index (χ2v) is 7.14. The zero-order valence-electron chi connectivity index (χ0n) is 17.2. The second kappa shape index (κ2) is 9.87. The van der Waals surface area contributed by atoms with Crippen LogP contribution in [-0.2, 0) is 9.53 Å². The molecule has 1 fully saturated rings. The Hall–Kier alpha value is -3.41. The molecule has 0 N–H and O–H groups in total. The Bertz CT molecular complexity index is 923. The quantitative estimate of drug-likeness (QED) is 0.415. The number of hydrogen-bond donors (Lipinski definition) is 0. The van der Waals surface area contributed by atoms with Gasteiger partial charge in [-0.1, -0.05) is 12.1 Å². The number of esters is 1. The number of carbonyl (C=O) groups excluding carboxylic acids is 3. The fraction of sp³-hybridized carbons (Fsp3) is 0.292. The Balaban J connectivity index is 1.52. The minimum absolute atomic E-state index is 0.0720. The van der Waals surface area contributed by atoms with Crippen molar-refractivity contribution in [1.82, 2.24) is 4.90 Å². The van der Waals surface area contributed by atoms with Gasteiger partial charge < -0.3 is 14.4 Å². The number of hydrogen-bond acceptors (Lipinski definition) is 5. The molecule has 1 heterocycles. The van der Waals surface area contributed by atoms with E-state index in [4.69, 9.17) is 4.74 Å². The molecule has 2 aromatic rings. The Kier molecular flexibility index (Phi) is 7.01. The number of piperidine rings is 1. The Labute approximate surface area is 176 Å². The molecular formula is C24H25NO5. The van der Waals surface area contributed by atoms with Gasteiger partial charge in [-0.2, -0.15) is 0 Å². The summed E-state index contributed by atoms with van der Waals surface area (Å²) in [5.41, 5.74) is 1.96. The van der Waals surface area contributed by atoms with Crippen LogP contribution >= 0.6 is 0 Å². The highest BCUT2D eigenvalue weighted by Gasteiger charge is 2.27. The SMILES string of the molecule is COC(=O)c1ccc(C=CC(=O)N2CCC(C(=O)c3ccc(OC)cc3)CC2)cc1. The first-order chi connectivity index (χ1) is 14.5. The minimum Gasteiger partial charge on any atom is -0.497 e. The average molecular weight is 407 g/mol. The summed E-state index contributed by atoms with van der Waals surface area (Å²) in [7, 11) is 2.93. The van der Waals surface area contributed by atoms with Crippen molar-refractivity contribution in [3.8, 4) is 5.75 Å². The van der Waals surface area contributed by atoms with Crippen molar-refractivity contribution in [2.75, 3.05) is 27.3 Å². The van der Waals surface area contributed by atoms with Crippen molar-refractivity contribution in [3.05, 3.63) is 71.3 Å². The van der Waals surface area contributed by atoms with Crippen LogP contribution in [0.3, 0.4) is 0 Å². The number of ketones is 1. The second-order valence-electron chi connectivity index (χ2n) is 7.14. The van der Waals surface area contributed by atoms with E-state index in [-0.39, 0.29) is 17.6 Å². The summed E-state index contributed by atoms with van der Waals surface area (Å²) in [5, 5.41) is 0. The van der Waals surface area contributed by atoms with Gasteiger partial charge in [0.2, 0.25) is 5.91 Å². The number of amides is 1. The monoisotopic (exact) mass is 407 g/mol. The van der Waals surface area contributed by atoms with Crippen LogP contribution in [0.15, 0.2) is 54.6 Å². The number of Topliss-reactive ketones (excluding diaryl/α,β-unsaturated/α-hetero) is 1. The molecule has 0 saturated carbocycles. The highest BCUT2D eigenvalue weighted by molar-refractivity contribution is 5.98. The molecule has 6 nitrogen and oxygen atoms in total. The number of likely N-dealkylation sites (tertiary alicyclic amines) is 1. The lowest BCUT2D eigenvalue weighted by molar-refractivity contribution is -0.127. The molecule has 0 radical (unpaired) electrons. The number of ether oxygens (including phenoxy) is 2. The van der Waals surface area contributed by atoms with Crippen LogP contribution in [0.5, 0.6) is 5.75 Å². The van der Waals surface area contributed by atoms with Crippen LogP contribution in [0.4, 0.5) is 0 Å². The third-order valence-corrected chi connectivity index (χ3v) is 5.30. The van der Waals surface area contributed by atoms with Crippen molar-refractivity contribution in [1.29, 1.82) is 0 Å². The predicted octanol–water partition coefficient (Wildman–Crippen LogP) is 3.62. The molecule has 1 saturated heterocycles. The van der Waals surface area contributed by atoms with Crippen LogP contribution < -0.4 is 4.74 Å². The van der Waals surface area contributed by atoms with Gasteiger partial charge in [-0.15, -0.1) is 0 Å². The van der Waals surface area contributed by atoms with E-state index in [0.717, 1.165) is 11.3 Å². The average Bonchev–Trinajstić information content (AvgIpc) is 2.82. The molecule has 0 aliphatic carbocycles. The molecule has 2 aromatic carbocycles. The molecule has 1 aliphatic rings. The summed E-state index contributed by atoms with van der Waals surface area (Å²) < 4.78 is 9.80. The first kappa shape index (κ1) is 21.3. The van der Waals surface area contributed by atoms with E-state index in [1.807, 2.05) is 0 Å². The van der Waals surface area contributed by atoms with Gasteiger partial charge in [-0.05, 0) is 60.9 Å². The molecule has 0 spiro atoms. The summed E-state index contributed by atoms with van der Waals surface area (Å²) in [6.07, 6.45) is 4.55. The number of rotatable bonds is 6. The summed E-state index contributed by atoms with van der Waals surface area (Å²) in [5.74, 6) is 0.290. The fourth-order valence-corrected chi connectivity index (χ4v) is 3.47. The molecule has 0 aromatic heterocycles. The van der Waals surface area contributed by atoms with Crippen LogP contribution in [-0.4, -0.2) is 49.9 Å². The Morgan fingerprint density at radius 2 is 1.50 bits per heavy atom. The molecule has 0 atom stereocenters. The van der Waals surface area contributed by atoms with Gasteiger partial charge in [0.1, 0.15) is 5.75 Å². The number of benzene rings is 2. The summed E-state index contributed by atoms with van der Waals surface area (Å²) in [4.78, 5) is 38.4. The Morgan fingerprint density at radius 3 is 2.07 bits per heavy atom. The molecule has 30 heavy (non-hydrogen) atoms. The van der Waals surface area contributed by atoms with Gasteiger partial charge in [0.25, 0.3) is 0 Å². The molecule has 0 unspecified atom stereocenters. The van der Waals surface area contributed by atoms with Crippen molar-refractivity contribution in [2.45, 2.75) is 12.8 Å². The van der Waals surface area contributed by atoms with Gasteiger partial charge >= 0.3 is 5.97 Å². The van der Waals surface area contributed by atoms with Crippen molar-refractivity contribution < 1.29 is 23.9 Å². The van der Waals surface area contributed by atoms with E-state index in [9.17, 15) is 14.4 Å². The van der Waals surface area contributed by atoms with Crippen LogP contribution in [0.1, 0.15) is 39.1 Å². The Morgan fingerprint density at radius 1 is 0.900 bits per heavy atom. The zero-order valence-corrected chi connectivity index (χ0v) is 17.2. The van der Waals surface area contributed by atoms with Gasteiger partial charge in [-0.3, -0.25) is 9.59 Å². The molecule has 0 bridgehead atoms. The molecule has 3 rings (SSSR count). The summed E-state index contributed by atoms with van der Waals surface area (Å²) >= 11 is 0. The fourth-order valence-electron chi connectivity index (χ4n) is 3.47. The van der Waals surface area contributed by atoms with Gasteiger partial charge in [0, 0.05) is 30.6 Å². The van der Waals surface area contributed by atoms with Crippen molar-refractivity contribution in [2.24, 2.45) is 5.92 Å². The third-order valence-electron chi connectivity index (χ3n) is 5.30. The lowest BCUT2D eigenvalue weighted by Gasteiger charge is -2.30. The molecule has 6 heteroatoms. The zero-order chi connectivity index (χ0) is 21.5. The lowest BCUT2D eigenvalue weighted by Crippen LogP contribution is -2.39. The van der Waals surface area contributed by atoms with Crippen LogP contribution in [0.2, 0.25) is 0 Å². The van der Waals surface area contributed by atoms with Gasteiger partial charge in [0.15, 0.2) is 5.78 Å². The van der Waals surface area contributed by atoms with Crippen LogP contribution in [0.25, 0.3) is 6.08 Å². The number of methoxy groups -OCH3 is 2.